The highest BCUT2D eigenvalue weighted by molar-refractivity contribution is 7.15. The van der Waals surface area contributed by atoms with Gasteiger partial charge in [-0.25, -0.2) is 4.79 Å². The molecule has 0 saturated carbocycles. The van der Waals surface area contributed by atoms with Gasteiger partial charge < -0.3 is 24.3 Å². The molecule has 1 amide bonds. The van der Waals surface area contributed by atoms with Gasteiger partial charge in [-0.05, 0) is 31.2 Å². The zero-order valence-electron chi connectivity index (χ0n) is 20.4. The average Bonchev–Trinajstić information content (AvgIpc) is 3.25. The minimum atomic E-state index is -0.532. The zero-order valence-corrected chi connectivity index (χ0v) is 21.2. The molecule has 34 heavy (non-hydrogen) atoms. The van der Waals surface area contributed by atoms with Gasteiger partial charge in [0.25, 0.3) is 0 Å². The lowest BCUT2D eigenvalue weighted by atomic mass is 10.0. The van der Waals surface area contributed by atoms with Gasteiger partial charge >= 0.3 is 11.9 Å². The van der Waals surface area contributed by atoms with Crippen LogP contribution in [0.5, 0.6) is 11.5 Å². The summed E-state index contributed by atoms with van der Waals surface area (Å²) in [6.45, 7) is 6.58. The van der Waals surface area contributed by atoms with Crippen LogP contribution in [0.4, 0.5) is 5.00 Å². The van der Waals surface area contributed by atoms with Gasteiger partial charge in [0, 0.05) is 17.5 Å². The van der Waals surface area contributed by atoms with Crippen molar-refractivity contribution in [3.63, 3.8) is 0 Å². The fourth-order valence-electron chi connectivity index (χ4n) is 3.41. The highest BCUT2D eigenvalue weighted by Crippen LogP contribution is 2.39. The Morgan fingerprint density at radius 1 is 1.09 bits per heavy atom. The SMILES string of the molecule is CCOC(=O)c1c(-c2ccc(OC)c(OC)c2)csc1NC(=O)CN(CC)CC(C)C(=O)OC. The second kappa shape index (κ2) is 13.0. The molecule has 0 aliphatic carbocycles. The van der Waals surface area contributed by atoms with Crippen molar-refractivity contribution in [1.29, 1.82) is 0 Å². The standard InChI is InChI=1S/C24H32N2O7S/c1-7-26(12-15(3)23(28)32-6)13-20(27)25-22-21(24(29)33-8-2)17(14-34-22)16-9-10-18(30-4)19(11-16)31-5/h9-11,14-15H,7-8,12-13H2,1-6H3,(H,25,27). The fourth-order valence-corrected chi connectivity index (χ4v) is 4.38. The van der Waals surface area contributed by atoms with Crippen LogP contribution in [0.2, 0.25) is 0 Å². The second-order valence-corrected chi connectivity index (χ2v) is 8.32. The van der Waals surface area contributed by atoms with Crippen LogP contribution in [0.25, 0.3) is 11.1 Å². The van der Waals surface area contributed by atoms with Crippen molar-refractivity contribution < 1.29 is 33.3 Å². The summed E-state index contributed by atoms with van der Waals surface area (Å²) in [6, 6.07) is 5.33. The maximum absolute atomic E-state index is 12.8. The van der Waals surface area contributed by atoms with Gasteiger partial charge in [0.15, 0.2) is 11.5 Å². The van der Waals surface area contributed by atoms with E-state index in [-0.39, 0.29) is 36.5 Å². The number of rotatable bonds is 12. The number of benzene rings is 1. The monoisotopic (exact) mass is 492 g/mol. The van der Waals surface area contributed by atoms with Crippen molar-refractivity contribution in [1.82, 2.24) is 4.90 Å². The van der Waals surface area contributed by atoms with Gasteiger partial charge in [-0.1, -0.05) is 19.9 Å². The van der Waals surface area contributed by atoms with E-state index in [9.17, 15) is 14.4 Å². The van der Waals surface area contributed by atoms with E-state index >= 15 is 0 Å². The van der Waals surface area contributed by atoms with E-state index in [2.05, 4.69) is 5.32 Å². The van der Waals surface area contributed by atoms with Crippen molar-refractivity contribution >= 4 is 34.2 Å². The Labute approximate surface area is 203 Å². The first-order valence-electron chi connectivity index (χ1n) is 10.9. The molecule has 0 saturated heterocycles. The van der Waals surface area contributed by atoms with Gasteiger partial charge in [-0.2, -0.15) is 0 Å². The van der Waals surface area contributed by atoms with E-state index in [1.807, 2.05) is 17.9 Å². The Morgan fingerprint density at radius 2 is 1.79 bits per heavy atom. The number of methoxy groups -OCH3 is 3. The molecule has 1 aromatic carbocycles. The van der Waals surface area contributed by atoms with Crippen molar-refractivity contribution in [2.75, 3.05) is 52.9 Å². The Balaban J connectivity index is 2.30. The molecule has 1 N–H and O–H groups in total. The lowest BCUT2D eigenvalue weighted by molar-refractivity contribution is -0.145. The summed E-state index contributed by atoms with van der Waals surface area (Å²) in [4.78, 5) is 39.2. The fraction of sp³-hybridized carbons (Fsp3) is 0.458. The van der Waals surface area contributed by atoms with E-state index in [0.717, 1.165) is 5.56 Å². The number of hydrogen-bond donors (Lipinski definition) is 1. The number of nitrogens with zero attached hydrogens (tertiary/aromatic N) is 1. The molecule has 0 fully saturated rings. The lowest BCUT2D eigenvalue weighted by Crippen LogP contribution is -2.38. The van der Waals surface area contributed by atoms with Crippen LogP contribution in [0.15, 0.2) is 23.6 Å². The Hall–Kier alpha value is -3.11. The normalized spacial score (nSPS) is 11.6. The van der Waals surface area contributed by atoms with Crippen molar-refractivity contribution in [3.8, 4) is 22.6 Å². The van der Waals surface area contributed by atoms with E-state index < -0.39 is 5.97 Å². The first kappa shape index (κ1) is 27.1. The Bertz CT molecular complexity index is 1010. The van der Waals surface area contributed by atoms with E-state index in [0.29, 0.717) is 35.2 Å². The number of ether oxygens (including phenoxy) is 4. The van der Waals surface area contributed by atoms with Gasteiger partial charge in [-0.3, -0.25) is 14.5 Å². The first-order chi connectivity index (χ1) is 16.3. The molecule has 0 spiro atoms. The Kier molecular flexibility index (Phi) is 10.3. The molecule has 0 radical (unpaired) electrons. The van der Waals surface area contributed by atoms with Crippen molar-refractivity contribution in [3.05, 3.63) is 29.1 Å². The number of carbonyl (C=O) groups is 3. The summed E-state index contributed by atoms with van der Waals surface area (Å²) in [5.41, 5.74) is 1.62. The van der Waals surface area contributed by atoms with E-state index in [1.165, 1.54) is 25.6 Å². The third-order valence-electron chi connectivity index (χ3n) is 5.17. The van der Waals surface area contributed by atoms with Crippen LogP contribution in [0.1, 0.15) is 31.1 Å². The van der Waals surface area contributed by atoms with Gasteiger partial charge in [0.1, 0.15) is 10.6 Å². The van der Waals surface area contributed by atoms with Crippen LogP contribution in [0, 0.1) is 5.92 Å². The summed E-state index contributed by atoms with van der Waals surface area (Å²) < 4.78 is 20.7. The number of anilines is 1. The first-order valence-corrected chi connectivity index (χ1v) is 11.8. The lowest BCUT2D eigenvalue weighted by Gasteiger charge is -2.22. The van der Waals surface area contributed by atoms with Crippen LogP contribution in [-0.2, 0) is 19.1 Å². The van der Waals surface area contributed by atoms with Crippen molar-refractivity contribution in [2.24, 2.45) is 5.92 Å². The molecule has 9 nitrogen and oxygen atoms in total. The predicted molar refractivity (Wildman–Crippen MR) is 131 cm³/mol. The van der Waals surface area contributed by atoms with E-state index in [4.69, 9.17) is 18.9 Å². The number of thiophene rings is 1. The molecular weight excluding hydrogens is 460 g/mol. The number of carbonyl (C=O) groups excluding carboxylic acids is 3. The van der Waals surface area contributed by atoms with Crippen LogP contribution >= 0.6 is 11.3 Å². The number of likely N-dealkylation sites (N-methyl/N-ethyl adjacent to an activating group) is 1. The number of hydrogen-bond acceptors (Lipinski definition) is 9. The molecule has 1 unspecified atom stereocenters. The summed E-state index contributed by atoms with van der Waals surface area (Å²) in [6.07, 6.45) is 0. The average molecular weight is 493 g/mol. The predicted octanol–water partition coefficient (Wildman–Crippen LogP) is 3.68. The van der Waals surface area contributed by atoms with Gasteiger partial charge in [0.2, 0.25) is 5.91 Å². The molecule has 2 rings (SSSR count). The third kappa shape index (κ3) is 6.71. The summed E-state index contributed by atoms with van der Waals surface area (Å²) in [7, 11) is 4.42. The minimum absolute atomic E-state index is 0.0592. The highest BCUT2D eigenvalue weighted by atomic mass is 32.1. The number of amides is 1. The molecule has 0 aliphatic heterocycles. The maximum Gasteiger partial charge on any atom is 0.341 e. The number of nitrogens with one attached hydrogen (secondary N) is 1. The molecule has 0 bridgehead atoms. The largest absolute Gasteiger partial charge is 0.493 e. The molecule has 1 aromatic heterocycles. The minimum Gasteiger partial charge on any atom is -0.493 e. The quantitative estimate of drug-likeness (QED) is 0.448. The molecule has 2 aromatic rings. The smallest absolute Gasteiger partial charge is 0.341 e. The van der Waals surface area contributed by atoms with Crippen LogP contribution in [0.3, 0.4) is 0 Å². The highest BCUT2D eigenvalue weighted by Gasteiger charge is 2.25. The van der Waals surface area contributed by atoms with Crippen molar-refractivity contribution in [2.45, 2.75) is 20.8 Å². The summed E-state index contributed by atoms with van der Waals surface area (Å²) in [5.74, 6) is -0.452. The molecule has 0 aliphatic rings. The molecule has 186 valence electrons. The summed E-state index contributed by atoms with van der Waals surface area (Å²) >= 11 is 1.24. The number of esters is 2. The van der Waals surface area contributed by atoms with Crippen LogP contribution in [-0.4, -0.2) is 70.3 Å². The summed E-state index contributed by atoms with van der Waals surface area (Å²) in [5, 5.41) is 5.02. The molecule has 10 heteroatoms. The molecule has 1 atom stereocenters. The third-order valence-corrected chi connectivity index (χ3v) is 6.06. The maximum atomic E-state index is 12.8. The molecular formula is C24H32N2O7S. The van der Waals surface area contributed by atoms with Gasteiger partial charge in [0.05, 0.1) is 40.4 Å². The van der Waals surface area contributed by atoms with Crippen LogP contribution < -0.4 is 14.8 Å². The zero-order chi connectivity index (χ0) is 25.3. The topological polar surface area (TPSA) is 103 Å². The van der Waals surface area contributed by atoms with Gasteiger partial charge in [-0.15, -0.1) is 11.3 Å². The van der Waals surface area contributed by atoms with E-state index in [1.54, 1.807) is 38.5 Å². The molecule has 1 heterocycles. The second-order valence-electron chi connectivity index (χ2n) is 7.44. The Morgan fingerprint density at radius 3 is 2.38 bits per heavy atom.